The van der Waals surface area contributed by atoms with Gasteiger partial charge in [0.1, 0.15) is 6.04 Å². The number of aliphatic carboxylic acids is 1. The van der Waals surface area contributed by atoms with Crippen molar-refractivity contribution in [2.45, 2.75) is 32.2 Å². The first kappa shape index (κ1) is 13.8. The molecule has 1 atom stereocenters. The second-order valence-corrected chi connectivity index (χ2v) is 4.25. The Kier molecular flexibility index (Phi) is 5.76. The molecule has 1 rings (SSSR count). The standard InChI is InChI=1S/C11H21N3O3/c1-2-9(10(15)16)13-11(17)12-5-8-14-6-3-4-7-14/h9H,2-8H2,1H3,(H,15,16)(H2,12,13,17)/t9-/m1/s1. The molecule has 0 unspecified atom stereocenters. The van der Waals surface area contributed by atoms with Crippen molar-refractivity contribution in [2.75, 3.05) is 26.2 Å². The van der Waals surface area contributed by atoms with Crippen LogP contribution in [0.25, 0.3) is 0 Å². The summed E-state index contributed by atoms with van der Waals surface area (Å²) in [5.41, 5.74) is 0. The molecule has 0 saturated carbocycles. The van der Waals surface area contributed by atoms with Crippen LogP contribution in [-0.2, 0) is 4.79 Å². The number of carbonyl (C=O) groups is 2. The Morgan fingerprint density at radius 3 is 2.53 bits per heavy atom. The maximum absolute atomic E-state index is 11.4. The molecular weight excluding hydrogens is 222 g/mol. The first-order valence-corrected chi connectivity index (χ1v) is 6.13. The van der Waals surface area contributed by atoms with Crippen molar-refractivity contribution in [1.29, 1.82) is 0 Å². The van der Waals surface area contributed by atoms with Gasteiger partial charge in [0.2, 0.25) is 0 Å². The van der Waals surface area contributed by atoms with E-state index < -0.39 is 18.0 Å². The molecule has 0 radical (unpaired) electrons. The zero-order valence-corrected chi connectivity index (χ0v) is 10.2. The van der Waals surface area contributed by atoms with Crippen LogP contribution in [0, 0.1) is 0 Å². The average molecular weight is 243 g/mol. The summed E-state index contributed by atoms with van der Waals surface area (Å²) in [6.07, 6.45) is 2.83. The number of carbonyl (C=O) groups excluding carboxylic acids is 1. The van der Waals surface area contributed by atoms with Gasteiger partial charge in [0.15, 0.2) is 0 Å². The number of urea groups is 1. The van der Waals surface area contributed by atoms with E-state index in [2.05, 4.69) is 15.5 Å². The Hall–Kier alpha value is -1.30. The monoisotopic (exact) mass is 243 g/mol. The van der Waals surface area contributed by atoms with Gasteiger partial charge in [-0.1, -0.05) is 6.92 Å². The van der Waals surface area contributed by atoms with Gasteiger partial charge in [-0.15, -0.1) is 0 Å². The predicted molar refractivity (Wildman–Crippen MR) is 63.9 cm³/mol. The lowest BCUT2D eigenvalue weighted by Gasteiger charge is -2.16. The van der Waals surface area contributed by atoms with Crippen LogP contribution >= 0.6 is 0 Å². The van der Waals surface area contributed by atoms with Crippen LogP contribution in [0.4, 0.5) is 4.79 Å². The Morgan fingerprint density at radius 1 is 1.35 bits per heavy atom. The minimum absolute atomic E-state index is 0.384. The molecular formula is C11H21N3O3. The Bertz CT molecular complexity index is 265. The highest BCUT2D eigenvalue weighted by Crippen LogP contribution is 2.05. The van der Waals surface area contributed by atoms with Gasteiger partial charge in [-0.05, 0) is 32.4 Å². The molecule has 0 aromatic heterocycles. The van der Waals surface area contributed by atoms with Crippen LogP contribution in [0.5, 0.6) is 0 Å². The lowest BCUT2D eigenvalue weighted by Crippen LogP contribution is -2.47. The summed E-state index contributed by atoms with van der Waals surface area (Å²) in [5.74, 6) is -0.998. The second kappa shape index (κ2) is 7.11. The van der Waals surface area contributed by atoms with Gasteiger partial charge in [-0.3, -0.25) is 0 Å². The molecule has 1 saturated heterocycles. The highest BCUT2D eigenvalue weighted by molar-refractivity contribution is 5.82. The molecule has 3 N–H and O–H groups in total. The zero-order chi connectivity index (χ0) is 12.7. The number of carboxylic acids is 1. The van der Waals surface area contributed by atoms with Crippen LogP contribution in [0.1, 0.15) is 26.2 Å². The van der Waals surface area contributed by atoms with Gasteiger partial charge >= 0.3 is 12.0 Å². The van der Waals surface area contributed by atoms with Crippen LogP contribution in [0.15, 0.2) is 0 Å². The van der Waals surface area contributed by atoms with E-state index in [0.29, 0.717) is 13.0 Å². The molecule has 98 valence electrons. The summed E-state index contributed by atoms with van der Waals surface area (Å²) in [5, 5.41) is 13.9. The predicted octanol–water partition coefficient (Wildman–Crippen LogP) is 0.245. The Morgan fingerprint density at radius 2 is 2.00 bits per heavy atom. The largest absolute Gasteiger partial charge is 0.480 e. The van der Waals surface area contributed by atoms with Crippen molar-refractivity contribution in [2.24, 2.45) is 0 Å². The van der Waals surface area contributed by atoms with Crippen LogP contribution in [0.2, 0.25) is 0 Å². The third-order valence-electron chi connectivity index (χ3n) is 2.92. The van der Waals surface area contributed by atoms with Crippen molar-refractivity contribution in [3.05, 3.63) is 0 Å². The maximum Gasteiger partial charge on any atom is 0.326 e. The quantitative estimate of drug-likeness (QED) is 0.624. The molecule has 1 aliphatic heterocycles. The topological polar surface area (TPSA) is 81.7 Å². The minimum Gasteiger partial charge on any atom is -0.480 e. The second-order valence-electron chi connectivity index (χ2n) is 4.25. The molecule has 0 bridgehead atoms. The third kappa shape index (κ3) is 5.04. The van der Waals surface area contributed by atoms with Crippen molar-refractivity contribution in [3.8, 4) is 0 Å². The van der Waals surface area contributed by atoms with E-state index in [1.807, 2.05) is 0 Å². The SMILES string of the molecule is CC[C@@H](NC(=O)NCCN1CCCC1)C(=O)O. The summed E-state index contributed by atoms with van der Waals surface area (Å²) in [6.45, 7) is 5.30. The molecule has 0 aromatic carbocycles. The number of hydrogen-bond acceptors (Lipinski definition) is 3. The number of carboxylic acid groups (broad SMARTS) is 1. The van der Waals surface area contributed by atoms with Crippen molar-refractivity contribution in [3.63, 3.8) is 0 Å². The van der Waals surface area contributed by atoms with E-state index in [-0.39, 0.29) is 0 Å². The highest BCUT2D eigenvalue weighted by atomic mass is 16.4. The molecule has 6 nitrogen and oxygen atoms in total. The van der Waals surface area contributed by atoms with Gasteiger partial charge in [0.25, 0.3) is 0 Å². The van der Waals surface area contributed by atoms with Gasteiger partial charge in [-0.25, -0.2) is 9.59 Å². The molecule has 1 heterocycles. The number of hydrogen-bond donors (Lipinski definition) is 3. The van der Waals surface area contributed by atoms with Crippen molar-refractivity contribution < 1.29 is 14.7 Å². The fraction of sp³-hybridized carbons (Fsp3) is 0.818. The number of likely N-dealkylation sites (tertiary alicyclic amines) is 1. The smallest absolute Gasteiger partial charge is 0.326 e. The summed E-state index contributed by atoms with van der Waals surface area (Å²) in [7, 11) is 0. The van der Waals surface area contributed by atoms with E-state index in [0.717, 1.165) is 19.6 Å². The molecule has 1 fully saturated rings. The van der Waals surface area contributed by atoms with E-state index in [4.69, 9.17) is 5.11 Å². The van der Waals surface area contributed by atoms with Crippen LogP contribution in [0.3, 0.4) is 0 Å². The lowest BCUT2D eigenvalue weighted by atomic mass is 10.2. The molecule has 17 heavy (non-hydrogen) atoms. The zero-order valence-electron chi connectivity index (χ0n) is 10.2. The van der Waals surface area contributed by atoms with E-state index in [1.165, 1.54) is 12.8 Å². The molecule has 1 aliphatic rings. The van der Waals surface area contributed by atoms with Gasteiger partial charge in [0, 0.05) is 13.1 Å². The average Bonchev–Trinajstić information content (AvgIpc) is 2.78. The van der Waals surface area contributed by atoms with E-state index >= 15 is 0 Å². The van der Waals surface area contributed by atoms with Crippen LogP contribution < -0.4 is 10.6 Å². The number of rotatable bonds is 6. The first-order valence-electron chi connectivity index (χ1n) is 6.13. The van der Waals surface area contributed by atoms with E-state index in [1.54, 1.807) is 6.92 Å². The molecule has 2 amide bonds. The minimum atomic E-state index is -0.998. The number of nitrogens with zero attached hydrogens (tertiary/aromatic N) is 1. The normalized spacial score (nSPS) is 17.7. The summed E-state index contributed by atoms with van der Waals surface area (Å²) >= 11 is 0. The first-order chi connectivity index (χ1) is 8.13. The molecule has 0 aliphatic carbocycles. The fourth-order valence-electron chi connectivity index (χ4n) is 1.88. The fourth-order valence-corrected chi connectivity index (χ4v) is 1.88. The summed E-state index contributed by atoms with van der Waals surface area (Å²) in [6, 6.07) is -1.21. The number of nitrogens with one attached hydrogen (secondary N) is 2. The molecule has 0 aromatic rings. The van der Waals surface area contributed by atoms with Crippen LogP contribution in [-0.4, -0.2) is 54.2 Å². The third-order valence-corrected chi connectivity index (χ3v) is 2.92. The molecule has 6 heteroatoms. The maximum atomic E-state index is 11.4. The van der Waals surface area contributed by atoms with E-state index in [9.17, 15) is 9.59 Å². The van der Waals surface area contributed by atoms with Crippen molar-refractivity contribution in [1.82, 2.24) is 15.5 Å². The Labute approximate surface area is 101 Å². The highest BCUT2D eigenvalue weighted by Gasteiger charge is 2.17. The summed E-state index contributed by atoms with van der Waals surface area (Å²) < 4.78 is 0. The summed E-state index contributed by atoms with van der Waals surface area (Å²) in [4.78, 5) is 24.4. The molecule has 0 spiro atoms. The van der Waals surface area contributed by atoms with Gasteiger partial charge in [-0.2, -0.15) is 0 Å². The van der Waals surface area contributed by atoms with Gasteiger partial charge in [0.05, 0.1) is 0 Å². The number of amides is 2. The van der Waals surface area contributed by atoms with Crippen molar-refractivity contribution >= 4 is 12.0 Å². The van der Waals surface area contributed by atoms with Gasteiger partial charge < -0.3 is 20.6 Å². The Balaban J connectivity index is 2.13. The lowest BCUT2D eigenvalue weighted by molar-refractivity contribution is -0.139.